The molecule has 2 N–H and O–H groups in total. The summed E-state index contributed by atoms with van der Waals surface area (Å²) < 4.78 is 5.69. The van der Waals surface area contributed by atoms with Gasteiger partial charge in [0.05, 0.1) is 6.61 Å². The van der Waals surface area contributed by atoms with Crippen LogP contribution >= 0.6 is 12.2 Å². The first-order valence-electron chi connectivity index (χ1n) is 6.14. The van der Waals surface area contributed by atoms with Crippen LogP contribution in [0.4, 0.5) is 0 Å². The van der Waals surface area contributed by atoms with Gasteiger partial charge in [-0.15, -0.1) is 0 Å². The second-order valence-electron chi connectivity index (χ2n) is 4.79. The number of benzene rings is 1. The van der Waals surface area contributed by atoms with E-state index < -0.39 is 0 Å². The summed E-state index contributed by atoms with van der Waals surface area (Å²) in [5, 5.41) is 0. The number of hydrogen-bond acceptors (Lipinski definition) is 2. The molecule has 0 atom stereocenters. The molecule has 17 heavy (non-hydrogen) atoms. The van der Waals surface area contributed by atoms with E-state index in [1.54, 1.807) is 0 Å². The van der Waals surface area contributed by atoms with Crippen molar-refractivity contribution in [2.75, 3.05) is 6.61 Å². The zero-order valence-electron chi connectivity index (χ0n) is 10.2. The van der Waals surface area contributed by atoms with E-state index in [4.69, 9.17) is 22.7 Å². The molecule has 1 aliphatic carbocycles. The van der Waals surface area contributed by atoms with Crippen molar-refractivity contribution in [1.29, 1.82) is 0 Å². The van der Waals surface area contributed by atoms with Crippen molar-refractivity contribution in [2.24, 2.45) is 11.7 Å². The molecule has 1 aliphatic rings. The van der Waals surface area contributed by atoms with Gasteiger partial charge in [-0.1, -0.05) is 37.2 Å². The lowest BCUT2D eigenvalue weighted by Crippen LogP contribution is -2.10. The van der Waals surface area contributed by atoms with E-state index in [0.29, 0.717) is 11.6 Å². The maximum absolute atomic E-state index is 5.69. The van der Waals surface area contributed by atoms with Gasteiger partial charge in [-0.3, -0.25) is 0 Å². The molecule has 1 fully saturated rings. The minimum Gasteiger partial charge on any atom is -0.389 e. The lowest BCUT2D eigenvalue weighted by atomic mass is 10.1. The number of nitrogens with two attached hydrogens (primary N) is 1. The molecule has 0 heterocycles. The summed E-state index contributed by atoms with van der Waals surface area (Å²) in [5.74, 6) is 0.938. The van der Waals surface area contributed by atoms with E-state index >= 15 is 0 Å². The predicted molar refractivity (Wildman–Crippen MR) is 74.1 cm³/mol. The topological polar surface area (TPSA) is 35.2 Å². The van der Waals surface area contributed by atoms with Gasteiger partial charge in [-0.25, -0.2) is 0 Å². The third-order valence-electron chi connectivity index (χ3n) is 3.25. The normalized spacial score (nSPS) is 14.9. The molecule has 2 rings (SSSR count). The van der Waals surface area contributed by atoms with Gasteiger partial charge in [0.2, 0.25) is 0 Å². The van der Waals surface area contributed by atoms with Gasteiger partial charge in [0, 0.05) is 12.2 Å². The van der Waals surface area contributed by atoms with Gasteiger partial charge in [0.25, 0.3) is 0 Å². The third kappa shape index (κ3) is 3.79. The monoisotopic (exact) mass is 249 g/mol. The van der Waals surface area contributed by atoms with E-state index in [-0.39, 0.29) is 0 Å². The summed E-state index contributed by atoms with van der Waals surface area (Å²) in [7, 11) is 0. The van der Waals surface area contributed by atoms with Gasteiger partial charge in [0.15, 0.2) is 0 Å². The Hall–Kier alpha value is -0.930. The van der Waals surface area contributed by atoms with Crippen LogP contribution in [0.15, 0.2) is 18.2 Å². The smallest absolute Gasteiger partial charge is 0.103 e. The van der Waals surface area contributed by atoms with Crippen molar-refractivity contribution in [1.82, 2.24) is 0 Å². The van der Waals surface area contributed by atoms with Crippen molar-refractivity contribution in [3.05, 3.63) is 34.9 Å². The average Bonchev–Trinajstić information content (AvgIpc) is 3.09. The Labute approximate surface area is 108 Å². The molecular formula is C14H19NOS. The Morgan fingerprint density at radius 1 is 1.47 bits per heavy atom. The highest BCUT2D eigenvalue weighted by Crippen LogP contribution is 2.32. The largest absolute Gasteiger partial charge is 0.389 e. The summed E-state index contributed by atoms with van der Waals surface area (Å²) in [6.45, 7) is 3.64. The quantitative estimate of drug-likeness (QED) is 0.622. The van der Waals surface area contributed by atoms with Gasteiger partial charge < -0.3 is 10.5 Å². The highest BCUT2D eigenvalue weighted by atomic mass is 32.1. The molecule has 0 spiro atoms. The number of ether oxygens (including phenoxy) is 1. The van der Waals surface area contributed by atoms with E-state index in [1.165, 1.54) is 30.4 Å². The molecule has 2 nitrogen and oxygen atoms in total. The van der Waals surface area contributed by atoms with Crippen LogP contribution in [0.5, 0.6) is 0 Å². The highest BCUT2D eigenvalue weighted by molar-refractivity contribution is 7.80. The lowest BCUT2D eigenvalue weighted by Gasteiger charge is -2.08. The molecule has 3 heteroatoms. The van der Waals surface area contributed by atoms with Crippen LogP contribution in [0, 0.1) is 12.8 Å². The number of aryl methyl sites for hydroxylation is 1. The maximum atomic E-state index is 5.69. The first-order chi connectivity index (χ1) is 8.16. The summed E-state index contributed by atoms with van der Waals surface area (Å²) in [6, 6.07) is 6.05. The van der Waals surface area contributed by atoms with E-state index in [9.17, 15) is 0 Å². The summed E-state index contributed by atoms with van der Waals surface area (Å²) in [6.07, 6.45) is 4.00. The molecular weight excluding hydrogens is 230 g/mol. The molecule has 0 amide bonds. The van der Waals surface area contributed by atoms with Crippen LogP contribution in [0.1, 0.15) is 36.0 Å². The van der Waals surface area contributed by atoms with Crippen LogP contribution in [0.3, 0.4) is 0 Å². The zero-order valence-corrected chi connectivity index (χ0v) is 11.1. The van der Waals surface area contributed by atoms with Crippen LogP contribution < -0.4 is 5.73 Å². The van der Waals surface area contributed by atoms with Gasteiger partial charge in [-0.2, -0.15) is 0 Å². The van der Waals surface area contributed by atoms with E-state index in [0.717, 1.165) is 18.1 Å². The first kappa shape index (κ1) is 12.5. The van der Waals surface area contributed by atoms with Gasteiger partial charge in [0.1, 0.15) is 4.99 Å². The van der Waals surface area contributed by atoms with Crippen LogP contribution in [0.2, 0.25) is 0 Å². The van der Waals surface area contributed by atoms with E-state index in [1.807, 2.05) is 12.1 Å². The summed E-state index contributed by atoms with van der Waals surface area (Å²) in [5.41, 5.74) is 8.94. The predicted octanol–water partition coefficient (Wildman–Crippen LogP) is 2.95. The minimum atomic E-state index is 0.453. The molecule has 0 aromatic heterocycles. The second kappa shape index (κ2) is 5.61. The van der Waals surface area contributed by atoms with Crippen molar-refractivity contribution in [2.45, 2.75) is 32.8 Å². The minimum absolute atomic E-state index is 0.453. The molecule has 0 bridgehead atoms. The Morgan fingerprint density at radius 2 is 2.24 bits per heavy atom. The number of hydrogen-bond donors (Lipinski definition) is 1. The third-order valence-corrected chi connectivity index (χ3v) is 3.49. The van der Waals surface area contributed by atoms with Crippen molar-refractivity contribution < 1.29 is 4.74 Å². The number of thiocarbonyl (C=S) groups is 1. The van der Waals surface area contributed by atoms with Crippen LogP contribution in [0.25, 0.3) is 0 Å². The molecule has 1 aromatic rings. The lowest BCUT2D eigenvalue weighted by molar-refractivity contribution is 0.114. The molecule has 0 unspecified atom stereocenters. The van der Waals surface area contributed by atoms with Crippen molar-refractivity contribution >= 4 is 17.2 Å². The summed E-state index contributed by atoms with van der Waals surface area (Å²) >= 11 is 4.95. The zero-order chi connectivity index (χ0) is 12.3. The molecule has 1 aromatic carbocycles. The Balaban J connectivity index is 1.84. The maximum Gasteiger partial charge on any atom is 0.103 e. The van der Waals surface area contributed by atoms with Crippen molar-refractivity contribution in [3.63, 3.8) is 0 Å². The Bertz CT molecular complexity index is 413. The molecule has 92 valence electrons. The fraction of sp³-hybridized carbons (Fsp3) is 0.500. The van der Waals surface area contributed by atoms with Crippen LogP contribution in [-0.2, 0) is 11.3 Å². The number of rotatable bonds is 6. The van der Waals surface area contributed by atoms with Crippen molar-refractivity contribution in [3.8, 4) is 0 Å². The Kier molecular flexibility index (Phi) is 4.13. The molecule has 0 aliphatic heterocycles. The van der Waals surface area contributed by atoms with E-state index in [2.05, 4.69) is 13.0 Å². The van der Waals surface area contributed by atoms with Crippen LogP contribution in [-0.4, -0.2) is 11.6 Å². The SMILES string of the molecule is Cc1cc(C(N)=S)ccc1COCCC1CC1. The second-order valence-corrected chi connectivity index (χ2v) is 5.23. The fourth-order valence-corrected chi connectivity index (χ4v) is 1.98. The highest BCUT2D eigenvalue weighted by Gasteiger charge is 2.20. The Morgan fingerprint density at radius 3 is 2.82 bits per heavy atom. The standard InChI is InChI=1S/C14H19NOS/c1-10-8-12(14(15)17)4-5-13(10)9-16-7-6-11-2-3-11/h4-5,8,11H,2-3,6-7,9H2,1H3,(H2,15,17). The van der Waals surface area contributed by atoms with Gasteiger partial charge >= 0.3 is 0 Å². The average molecular weight is 249 g/mol. The molecule has 1 saturated carbocycles. The summed E-state index contributed by atoms with van der Waals surface area (Å²) in [4.78, 5) is 0.453. The van der Waals surface area contributed by atoms with Gasteiger partial charge in [-0.05, 0) is 36.5 Å². The fourth-order valence-electron chi connectivity index (χ4n) is 1.85. The first-order valence-corrected chi connectivity index (χ1v) is 6.54. The molecule has 0 radical (unpaired) electrons. The molecule has 0 saturated heterocycles.